The molecule has 0 heterocycles. The number of aliphatic hydroxyl groups is 1. The molecule has 0 bridgehead atoms. The Balaban J connectivity index is 3.59. The van der Waals surface area contributed by atoms with E-state index in [1.807, 2.05) is 6.92 Å². The van der Waals surface area contributed by atoms with E-state index >= 15 is 0 Å². The lowest BCUT2D eigenvalue weighted by Crippen LogP contribution is -2.33. The summed E-state index contributed by atoms with van der Waals surface area (Å²) in [6, 6.07) is 0.0269. The van der Waals surface area contributed by atoms with Gasteiger partial charge in [-0.3, -0.25) is 9.59 Å². The zero-order valence-electron chi connectivity index (χ0n) is 8.17. The van der Waals surface area contributed by atoms with Crippen LogP contribution in [0.15, 0.2) is 0 Å². The van der Waals surface area contributed by atoms with Crippen LogP contribution >= 0.6 is 0 Å². The van der Waals surface area contributed by atoms with E-state index in [0.29, 0.717) is 6.42 Å². The van der Waals surface area contributed by atoms with Crippen molar-refractivity contribution in [1.82, 2.24) is 5.32 Å². The molecule has 0 rings (SSSR count). The Hall–Kier alpha value is -0.900. The molecule has 0 aromatic rings. The summed E-state index contributed by atoms with van der Waals surface area (Å²) >= 11 is 0. The molecular weight excluding hydrogens is 170 g/mol. The molecule has 0 aliphatic carbocycles. The van der Waals surface area contributed by atoms with Gasteiger partial charge < -0.3 is 10.4 Å². The third-order valence-electron chi connectivity index (χ3n) is 1.61. The number of carbonyl (C=O) groups is 2. The van der Waals surface area contributed by atoms with Crippen LogP contribution in [0, 0.1) is 0 Å². The van der Waals surface area contributed by atoms with E-state index in [1.54, 1.807) is 0 Å². The highest BCUT2D eigenvalue weighted by Gasteiger charge is 2.08. The van der Waals surface area contributed by atoms with E-state index in [4.69, 9.17) is 5.11 Å². The normalized spacial score (nSPS) is 12.2. The summed E-state index contributed by atoms with van der Waals surface area (Å²) in [6.45, 7) is 3.37. The van der Waals surface area contributed by atoms with Gasteiger partial charge in [0.2, 0.25) is 5.91 Å². The van der Waals surface area contributed by atoms with Gasteiger partial charge in [-0.15, -0.1) is 0 Å². The maximum Gasteiger partial charge on any atom is 0.227 e. The average molecular weight is 187 g/mol. The first-order chi connectivity index (χ1) is 6.06. The molecule has 2 N–H and O–H groups in total. The van der Waals surface area contributed by atoms with E-state index in [1.165, 1.54) is 6.92 Å². The lowest BCUT2D eigenvalue weighted by Gasteiger charge is -2.11. The van der Waals surface area contributed by atoms with Crippen molar-refractivity contribution in [2.75, 3.05) is 6.61 Å². The van der Waals surface area contributed by atoms with Crippen molar-refractivity contribution in [3.8, 4) is 0 Å². The molecule has 0 aromatic carbocycles. The standard InChI is InChI=1S/C9H17NO3/c1-7(4-3-5-11)10-9(13)6-8(2)12/h7,11H,3-6H2,1-2H3,(H,10,13). The number of Topliss-reactive ketones (excluding diaryl/α,β-unsaturated/α-hetero) is 1. The zero-order chi connectivity index (χ0) is 10.3. The first-order valence-electron chi connectivity index (χ1n) is 4.46. The quantitative estimate of drug-likeness (QED) is 0.585. The first kappa shape index (κ1) is 12.1. The van der Waals surface area contributed by atoms with Crippen molar-refractivity contribution in [1.29, 1.82) is 0 Å². The third-order valence-corrected chi connectivity index (χ3v) is 1.61. The van der Waals surface area contributed by atoms with Gasteiger partial charge in [0, 0.05) is 12.6 Å². The Morgan fingerprint density at radius 1 is 1.46 bits per heavy atom. The number of amides is 1. The number of ketones is 1. The molecule has 4 heteroatoms. The molecule has 0 aromatic heterocycles. The van der Waals surface area contributed by atoms with E-state index in [9.17, 15) is 9.59 Å². The van der Waals surface area contributed by atoms with Gasteiger partial charge in [-0.2, -0.15) is 0 Å². The molecule has 1 atom stereocenters. The molecule has 0 radical (unpaired) electrons. The molecule has 76 valence electrons. The van der Waals surface area contributed by atoms with Crippen molar-refractivity contribution in [3.63, 3.8) is 0 Å². The van der Waals surface area contributed by atoms with Crippen molar-refractivity contribution >= 4 is 11.7 Å². The Labute approximate surface area is 78.3 Å². The molecule has 1 amide bonds. The van der Waals surface area contributed by atoms with Crippen molar-refractivity contribution in [2.24, 2.45) is 0 Å². The van der Waals surface area contributed by atoms with Gasteiger partial charge in [-0.05, 0) is 26.7 Å². The van der Waals surface area contributed by atoms with Gasteiger partial charge in [0.15, 0.2) is 0 Å². The molecule has 1 unspecified atom stereocenters. The lowest BCUT2D eigenvalue weighted by atomic mass is 10.2. The minimum atomic E-state index is -0.238. The topological polar surface area (TPSA) is 66.4 Å². The average Bonchev–Trinajstić information content (AvgIpc) is 1.98. The van der Waals surface area contributed by atoms with E-state index in [-0.39, 0.29) is 30.8 Å². The summed E-state index contributed by atoms with van der Waals surface area (Å²) in [5.41, 5.74) is 0. The second kappa shape index (κ2) is 6.60. The molecule has 0 aliphatic rings. The molecule has 0 saturated carbocycles. The monoisotopic (exact) mass is 187 g/mol. The van der Waals surface area contributed by atoms with Crippen LogP contribution in [0.2, 0.25) is 0 Å². The molecule has 0 saturated heterocycles. The van der Waals surface area contributed by atoms with E-state index < -0.39 is 0 Å². The number of carbonyl (C=O) groups excluding carboxylic acids is 2. The van der Waals surface area contributed by atoms with Crippen LogP contribution in [0.3, 0.4) is 0 Å². The van der Waals surface area contributed by atoms with Crippen molar-refractivity contribution in [2.45, 2.75) is 39.2 Å². The van der Waals surface area contributed by atoms with Crippen LogP contribution < -0.4 is 5.32 Å². The van der Waals surface area contributed by atoms with Crippen LogP contribution in [0.1, 0.15) is 33.1 Å². The van der Waals surface area contributed by atoms with Crippen LogP contribution in [-0.4, -0.2) is 29.4 Å². The second-order valence-corrected chi connectivity index (χ2v) is 3.21. The smallest absolute Gasteiger partial charge is 0.227 e. The Morgan fingerprint density at radius 3 is 2.54 bits per heavy atom. The number of rotatable bonds is 6. The van der Waals surface area contributed by atoms with Gasteiger partial charge in [-0.1, -0.05) is 0 Å². The summed E-state index contributed by atoms with van der Waals surface area (Å²) in [4.78, 5) is 21.6. The minimum Gasteiger partial charge on any atom is -0.396 e. The molecule has 13 heavy (non-hydrogen) atoms. The zero-order valence-corrected chi connectivity index (χ0v) is 8.17. The Morgan fingerprint density at radius 2 is 2.08 bits per heavy atom. The van der Waals surface area contributed by atoms with Crippen LogP contribution in [-0.2, 0) is 9.59 Å². The largest absolute Gasteiger partial charge is 0.396 e. The van der Waals surface area contributed by atoms with Gasteiger partial charge in [0.25, 0.3) is 0 Å². The fraction of sp³-hybridized carbons (Fsp3) is 0.778. The third kappa shape index (κ3) is 7.46. The first-order valence-corrected chi connectivity index (χ1v) is 4.46. The lowest BCUT2D eigenvalue weighted by molar-refractivity contribution is -0.127. The second-order valence-electron chi connectivity index (χ2n) is 3.21. The molecule has 0 aliphatic heterocycles. The van der Waals surface area contributed by atoms with Crippen LogP contribution in [0.25, 0.3) is 0 Å². The number of aliphatic hydroxyl groups excluding tert-OH is 1. The number of nitrogens with one attached hydrogen (secondary N) is 1. The molecular formula is C9H17NO3. The summed E-state index contributed by atoms with van der Waals surface area (Å²) in [6.07, 6.45) is 1.35. The van der Waals surface area contributed by atoms with Crippen molar-refractivity contribution < 1.29 is 14.7 Å². The van der Waals surface area contributed by atoms with Crippen molar-refractivity contribution in [3.05, 3.63) is 0 Å². The maximum absolute atomic E-state index is 11.0. The molecule has 4 nitrogen and oxygen atoms in total. The Kier molecular flexibility index (Phi) is 6.14. The van der Waals surface area contributed by atoms with Gasteiger partial charge >= 0.3 is 0 Å². The van der Waals surface area contributed by atoms with E-state index in [2.05, 4.69) is 5.32 Å². The predicted octanol–water partition coefficient (Wildman–Crippen LogP) is 0.243. The highest BCUT2D eigenvalue weighted by Crippen LogP contribution is 1.95. The van der Waals surface area contributed by atoms with E-state index in [0.717, 1.165) is 6.42 Å². The predicted molar refractivity (Wildman–Crippen MR) is 49.2 cm³/mol. The minimum absolute atomic E-state index is 0.0269. The molecule has 0 fully saturated rings. The number of hydrogen-bond acceptors (Lipinski definition) is 3. The summed E-state index contributed by atoms with van der Waals surface area (Å²) in [5.74, 6) is -0.371. The summed E-state index contributed by atoms with van der Waals surface area (Å²) in [7, 11) is 0. The van der Waals surface area contributed by atoms with Crippen LogP contribution in [0.5, 0.6) is 0 Å². The molecule has 0 spiro atoms. The fourth-order valence-corrected chi connectivity index (χ4v) is 1.02. The van der Waals surface area contributed by atoms with Gasteiger partial charge in [0.1, 0.15) is 5.78 Å². The summed E-state index contributed by atoms with van der Waals surface area (Å²) in [5, 5.41) is 11.2. The highest BCUT2D eigenvalue weighted by molar-refractivity contribution is 5.96. The Bertz CT molecular complexity index is 180. The van der Waals surface area contributed by atoms with Gasteiger partial charge in [0.05, 0.1) is 6.42 Å². The number of hydrogen-bond donors (Lipinski definition) is 2. The summed E-state index contributed by atoms with van der Waals surface area (Å²) < 4.78 is 0. The SMILES string of the molecule is CC(=O)CC(=O)NC(C)CCCO. The van der Waals surface area contributed by atoms with Crippen LogP contribution in [0.4, 0.5) is 0 Å². The van der Waals surface area contributed by atoms with Gasteiger partial charge in [-0.25, -0.2) is 0 Å². The fourth-order valence-electron chi connectivity index (χ4n) is 1.02. The maximum atomic E-state index is 11.0. The highest BCUT2D eigenvalue weighted by atomic mass is 16.3.